The standard InChI is InChI=1S/C19H28O3/c1-2-21-18(20)15-11-6-4-3-5-10-14-17-19(22-17)16-12-8-7-9-13-16/h7-9,12-13,17,19H,2-6,10-11,14-15H2,1H3/t17-,19+/m1/s1. The molecule has 2 rings (SSSR count). The van der Waals surface area contributed by atoms with Crippen molar-refractivity contribution in [2.75, 3.05) is 6.61 Å². The van der Waals surface area contributed by atoms with Crippen LogP contribution in [0.3, 0.4) is 0 Å². The molecule has 122 valence electrons. The monoisotopic (exact) mass is 304 g/mol. The van der Waals surface area contributed by atoms with Crippen LogP contribution in [0.15, 0.2) is 30.3 Å². The molecule has 0 N–H and O–H groups in total. The van der Waals surface area contributed by atoms with Crippen LogP contribution in [-0.2, 0) is 14.3 Å². The van der Waals surface area contributed by atoms with Gasteiger partial charge in [0.25, 0.3) is 0 Å². The molecule has 3 nitrogen and oxygen atoms in total. The summed E-state index contributed by atoms with van der Waals surface area (Å²) in [5.74, 6) is -0.0552. The van der Waals surface area contributed by atoms with Gasteiger partial charge in [0.1, 0.15) is 6.10 Å². The van der Waals surface area contributed by atoms with Gasteiger partial charge in [-0.05, 0) is 25.3 Å². The zero-order valence-corrected chi connectivity index (χ0v) is 13.6. The van der Waals surface area contributed by atoms with E-state index >= 15 is 0 Å². The summed E-state index contributed by atoms with van der Waals surface area (Å²) >= 11 is 0. The molecule has 1 aliphatic heterocycles. The Hall–Kier alpha value is -1.35. The normalized spacial score (nSPS) is 19.9. The first-order valence-corrected chi connectivity index (χ1v) is 8.67. The number of epoxide rings is 1. The van der Waals surface area contributed by atoms with Gasteiger partial charge in [0.05, 0.1) is 12.7 Å². The van der Waals surface area contributed by atoms with Crippen molar-refractivity contribution in [1.82, 2.24) is 0 Å². The van der Waals surface area contributed by atoms with Crippen LogP contribution in [-0.4, -0.2) is 18.7 Å². The molecule has 0 spiro atoms. The first kappa shape index (κ1) is 17.0. The summed E-state index contributed by atoms with van der Waals surface area (Å²) in [6.07, 6.45) is 9.58. The average Bonchev–Trinajstić information content (AvgIpc) is 3.31. The Kier molecular flexibility index (Phi) is 7.44. The van der Waals surface area contributed by atoms with Crippen molar-refractivity contribution in [2.24, 2.45) is 0 Å². The Morgan fingerprint density at radius 2 is 1.73 bits per heavy atom. The summed E-state index contributed by atoms with van der Waals surface area (Å²) < 4.78 is 10.7. The number of hydrogen-bond acceptors (Lipinski definition) is 3. The molecule has 0 bridgehead atoms. The number of carbonyl (C=O) groups is 1. The second kappa shape index (κ2) is 9.62. The molecular formula is C19H28O3. The number of benzene rings is 1. The molecule has 0 aliphatic carbocycles. The van der Waals surface area contributed by atoms with Crippen LogP contribution in [0, 0.1) is 0 Å². The molecule has 0 saturated carbocycles. The first-order valence-electron chi connectivity index (χ1n) is 8.67. The minimum Gasteiger partial charge on any atom is -0.466 e. The van der Waals surface area contributed by atoms with E-state index in [-0.39, 0.29) is 5.97 Å². The van der Waals surface area contributed by atoms with Crippen molar-refractivity contribution in [3.05, 3.63) is 35.9 Å². The highest BCUT2D eigenvalue weighted by Gasteiger charge is 2.38. The lowest BCUT2D eigenvalue weighted by molar-refractivity contribution is -0.143. The molecule has 1 fully saturated rings. The van der Waals surface area contributed by atoms with E-state index in [0.29, 0.717) is 25.2 Å². The van der Waals surface area contributed by atoms with Gasteiger partial charge < -0.3 is 9.47 Å². The van der Waals surface area contributed by atoms with E-state index in [9.17, 15) is 4.79 Å². The second-order valence-electron chi connectivity index (χ2n) is 5.97. The quantitative estimate of drug-likeness (QED) is 0.334. The molecular weight excluding hydrogens is 276 g/mol. The van der Waals surface area contributed by atoms with E-state index in [0.717, 1.165) is 12.8 Å². The topological polar surface area (TPSA) is 38.8 Å². The maximum absolute atomic E-state index is 11.2. The predicted octanol–water partition coefficient (Wildman–Crippen LogP) is 4.81. The van der Waals surface area contributed by atoms with Crippen LogP contribution in [0.5, 0.6) is 0 Å². The maximum Gasteiger partial charge on any atom is 0.305 e. The predicted molar refractivity (Wildman–Crippen MR) is 87.6 cm³/mol. The highest BCUT2D eigenvalue weighted by atomic mass is 16.6. The van der Waals surface area contributed by atoms with Crippen molar-refractivity contribution in [1.29, 1.82) is 0 Å². The Bertz CT molecular complexity index is 430. The molecule has 1 heterocycles. The van der Waals surface area contributed by atoms with E-state index in [1.807, 2.05) is 13.0 Å². The first-order chi connectivity index (χ1) is 10.8. The molecule has 0 unspecified atom stereocenters. The Morgan fingerprint density at radius 1 is 1.05 bits per heavy atom. The third-order valence-electron chi connectivity index (χ3n) is 4.14. The van der Waals surface area contributed by atoms with Gasteiger partial charge in [-0.1, -0.05) is 62.4 Å². The van der Waals surface area contributed by atoms with Crippen molar-refractivity contribution < 1.29 is 14.3 Å². The van der Waals surface area contributed by atoms with Gasteiger partial charge >= 0.3 is 5.97 Å². The summed E-state index contributed by atoms with van der Waals surface area (Å²) in [7, 11) is 0. The van der Waals surface area contributed by atoms with E-state index < -0.39 is 0 Å². The Balaban J connectivity index is 1.41. The minimum atomic E-state index is -0.0552. The molecule has 1 aliphatic rings. The van der Waals surface area contributed by atoms with Crippen molar-refractivity contribution in [3.8, 4) is 0 Å². The van der Waals surface area contributed by atoms with Gasteiger partial charge in [-0.25, -0.2) is 0 Å². The van der Waals surface area contributed by atoms with Gasteiger partial charge in [0, 0.05) is 6.42 Å². The maximum atomic E-state index is 11.2. The number of carbonyl (C=O) groups excluding carboxylic acids is 1. The lowest BCUT2D eigenvalue weighted by atomic mass is 10.0. The van der Waals surface area contributed by atoms with Gasteiger partial charge in [-0.3, -0.25) is 4.79 Å². The van der Waals surface area contributed by atoms with Crippen LogP contribution in [0.25, 0.3) is 0 Å². The fourth-order valence-corrected chi connectivity index (χ4v) is 2.85. The lowest BCUT2D eigenvalue weighted by Crippen LogP contribution is -2.03. The summed E-state index contributed by atoms with van der Waals surface area (Å²) in [6, 6.07) is 10.5. The third kappa shape index (κ3) is 6.18. The van der Waals surface area contributed by atoms with Gasteiger partial charge in [-0.15, -0.1) is 0 Å². The highest BCUT2D eigenvalue weighted by Crippen LogP contribution is 2.41. The number of esters is 1. The smallest absolute Gasteiger partial charge is 0.305 e. The summed E-state index contributed by atoms with van der Waals surface area (Å²) in [6.45, 7) is 2.34. The summed E-state index contributed by atoms with van der Waals surface area (Å²) in [5.41, 5.74) is 1.31. The van der Waals surface area contributed by atoms with Crippen LogP contribution in [0.4, 0.5) is 0 Å². The average molecular weight is 304 g/mol. The van der Waals surface area contributed by atoms with E-state index in [4.69, 9.17) is 9.47 Å². The van der Waals surface area contributed by atoms with Crippen molar-refractivity contribution in [3.63, 3.8) is 0 Å². The van der Waals surface area contributed by atoms with Crippen LogP contribution in [0.2, 0.25) is 0 Å². The van der Waals surface area contributed by atoms with Gasteiger partial charge in [0.2, 0.25) is 0 Å². The van der Waals surface area contributed by atoms with Gasteiger partial charge in [-0.2, -0.15) is 0 Å². The molecule has 2 atom stereocenters. The fourth-order valence-electron chi connectivity index (χ4n) is 2.85. The number of unbranched alkanes of at least 4 members (excludes halogenated alkanes) is 5. The highest BCUT2D eigenvalue weighted by molar-refractivity contribution is 5.69. The molecule has 3 heteroatoms. The lowest BCUT2D eigenvalue weighted by Gasteiger charge is -2.02. The molecule has 22 heavy (non-hydrogen) atoms. The van der Waals surface area contributed by atoms with Crippen molar-refractivity contribution >= 4 is 5.97 Å². The number of hydrogen-bond donors (Lipinski definition) is 0. The minimum absolute atomic E-state index is 0.0552. The molecule has 1 aromatic carbocycles. The van der Waals surface area contributed by atoms with Crippen LogP contribution in [0.1, 0.15) is 70.0 Å². The molecule has 0 amide bonds. The Morgan fingerprint density at radius 3 is 2.45 bits per heavy atom. The number of rotatable bonds is 11. The molecule has 1 aromatic rings. The molecule has 0 radical (unpaired) electrons. The van der Waals surface area contributed by atoms with E-state index in [1.165, 1.54) is 37.7 Å². The van der Waals surface area contributed by atoms with Crippen molar-refractivity contribution in [2.45, 2.75) is 70.5 Å². The fraction of sp³-hybridized carbons (Fsp3) is 0.632. The molecule has 0 aromatic heterocycles. The van der Waals surface area contributed by atoms with Gasteiger partial charge in [0.15, 0.2) is 0 Å². The largest absolute Gasteiger partial charge is 0.466 e. The van der Waals surface area contributed by atoms with Crippen LogP contribution >= 0.6 is 0 Å². The van der Waals surface area contributed by atoms with E-state index in [2.05, 4.69) is 24.3 Å². The second-order valence-corrected chi connectivity index (χ2v) is 5.97. The zero-order valence-electron chi connectivity index (χ0n) is 13.6. The Labute approximate surface area is 134 Å². The summed E-state index contributed by atoms with van der Waals surface area (Å²) in [5, 5.41) is 0. The third-order valence-corrected chi connectivity index (χ3v) is 4.14. The number of ether oxygens (including phenoxy) is 2. The zero-order chi connectivity index (χ0) is 15.6. The van der Waals surface area contributed by atoms with E-state index in [1.54, 1.807) is 0 Å². The van der Waals surface area contributed by atoms with Crippen LogP contribution < -0.4 is 0 Å². The SMILES string of the molecule is CCOC(=O)CCCCCCCC[C@H]1O[C@H]1c1ccccc1. The molecule has 1 saturated heterocycles. The summed E-state index contributed by atoms with van der Waals surface area (Å²) in [4.78, 5) is 11.2.